The maximum absolute atomic E-state index is 14.6. The lowest BCUT2D eigenvalue weighted by molar-refractivity contribution is -0.141. The minimum absolute atomic E-state index is 0.0836. The number of H-pyrrole nitrogens is 1. The van der Waals surface area contributed by atoms with Gasteiger partial charge in [0.2, 0.25) is 5.82 Å². The first-order valence-corrected chi connectivity index (χ1v) is 10.8. The van der Waals surface area contributed by atoms with E-state index in [4.69, 9.17) is 0 Å². The van der Waals surface area contributed by atoms with Gasteiger partial charge in [-0.05, 0) is 25.1 Å². The Kier molecular flexibility index (Phi) is 5.54. The number of pyridine rings is 1. The van der Waals surface area contributed by atoms with Crippen molar-refractivity contribution < 1.29 is 22.4 Å². The summed E-state index contributed by atoms with van der Waals surface area (Å²) in [6.07, 6.45) is 0.656. The smallest absolute Gasteiger partial charge is 0.384 e. The highest BCUT2D eigenvalue weighted by Gasteiger charge is 2.34. The molecule has 9 nitrogen and oxygen atoms in total. The Labute approximate surface area is 200 Å². The highest BCUT2D eigenvalue weighted by molar-refractivity contribution is 6.15. The van der Waals surface area contributed by atoms with Crippen molar-refractivity contribution >= 4 is 33.5 Å². The van der Waals surface area contributed by atoms with Crippen molar-refractivity contribution in [2.75, 3.05) is 18.9 Å². The molecule has 0 saturated heterocycles. The van der Waals surface area contributed by atoms with Gasteiger partial charge in [-0.25, -0.2) is 24.0 Å². The Balaban J connectivity index is 1.83. The van der Waals surface area contributed by atoms with E-state index in [2.05, 4.69) is 35.7 Å². The molecule has 0 aliphatic rings. The number of nitrogens with zero attached hydrogens (tertiary/aromatic N) is 5. The summed E-state index contributed by atoms with van der Waals surface area (Å²) in [6, 6.07) is 3.45. The Morgan fingerprint density at radius 3 is 2.53 bits per heavy atom. The van der Waals surface area contributed by atoms with Crippen LogP contribution in [-0.4, -0.2) is 49.2 Å². The number of aromatic amines is 1. The highest BCUT2D eigenvalue weighted by atomic mass is 19.4. The lowest BCUT2D eigenvalue weighted by Crippen LogP contribution is -2.20. The summed E-state index contributed by atoms with van der Waals surface area (Å²) in [7, 11) is 1.43. The van der Waals surface area contributed by atoms with Crippen molar-refractivity contribution in [3.8, 4) is 16.8 Å². The van der Waals surface area contributed by atoms with Crippen LogP contribution in [0, 0.1) is 5.82 Å². The summed E-state index contributed by atoms with van der Waals surface area (Å²) in [6.45, 7) is 2.37. The molecule has 0 saturated carbocycles. The topological polar surface area (TPSA) is 113 Å². The lowest BCUT2D eigenvalue weighted by atomic mass is 10.0. The molecule has 0 unspecified atom stereocenters. The third kappa shape index (κ3) is 3.87. The van der Waals surface area contributed by atoms with Gasteiger partial charge in [-0.1, -0.05) is 0 Å². The van der Waals surface area contributed by atoms with E-state index in [1.54, 1.807) is 0 Å². The number of halogens is 4. The fraction of sp³-hybridized carbons (Fsp3) is 0.174. The zero-order chi connectivity index (χ0) is 25.6. The van der Waals surface area contributed by atoms with E-state index in [-0.39, 0.29) is 11.5 Å². The summed E-state index contributed by atoms with van der Waals surface area (Å²) < 4.78 is 55.8. The van der Waals surface area contributed by atoms with E-state index < -0.39 is 23.6 Å². The Hall–Kier alpha value is -4.55. The van der Waals surface area contributed by atoms with Crippen LogP contribution in [0.4, 0.5) is 23.2 Å². The number of rotatable bonds is 5. The van der Waals surface area contributed by atoms with Crippen molar-refractivity contribution in [2.45, 2.75) is 13.1 Å². The first kappa shape index (κ1) is 23.2. The average molecular weight is 498 g/mol. The van der Waals surface area contributed by atoms with Crippen molar-refractivity contribution in [1.29, 1.82) is 0 Å². The first-order valence-electron chi connectivity index (χ1n) is 10.8. The van der Waals surface area contributed by atoms with E-state index in [0.717, 1.165) is 10.7 Å². The monoisotopic (exact) mass is 498 g/mol. The van der Waals surface area contributed by atoms with Gasteiger partial charge in [0.15, 0.2) is 5.69 Å². The van der Waals surface area contributed by atoms with Crippen molar-refractivity contribution in [2.24, 2.45) is 0 Å². The number of amides is 1. The molecule has 36 heavy (non-hydrogen) atoms. The molecular weight excluding hydrogens is 480 g/mol. The number of carbonyl (C=O) groups is 1. The van der Waals surface area contributed by atoms with Crippen LogP contribution in [0.2, 0.25) is 0 Å². The van der Waals surface area contributed by atoms with Gasteiger partial charge in [-0.15, -0.1) is 0 Å². The van der Waals surface area contributed by atoms with Gasteiger partial charge in [0.1, 0.15) is 11.5 Å². The molecule has 3 N–H and O–H groups in total. The standard InChI is InChI=1S/C23H18F4N8O/c1-3-29-15-7-12(24)6-13-17-19(35-5-4-16(34-35)23(25,26)27)14(10-32-20(17)33-18(13)15)11-8-30-21(31-9-11)22(36)28-2/h4-10,29H,3H2,1-2H3,(H,28,36)(H,32,33). The second-order valence-electron chi connectivity index (χ2n) is 7.79. The second-order valence-corrected chi connectivity index (χ2v) is 7.79. The summed E-state index contributed by atoms with van der Waals surface area (Å²) in [5.74, 6) is -1.12. The quantitative estimate of drug-likeness (QED) is 0.311. The number of benzene rings is 1. The molecular formula is C23H18F4N8O. The molecule has 5 aromatic rings. The maximum Gasteiger partial charge on any atom is 0.435 e. The Bertz CT molecular complexity index is 1610. The largest absolute Gasteiger partial charge is 0.435 e. The molecule has 1 amide bonds. The fourth-order valence-corrected chi connectivity index (χ4v) is 3.98. The number of nitrogens with one attached hydrogen (secondary N) is 3. The van der Waals surface area contributed by atoms with Gasteiger partial charge in [0.05, 0.1) is 22.3 Å². The molecule has 0 spiro atoms. The average Bonchev–Trinajstić information content (AvgIpc) is 3.49. The van der Waals surface area contributed by atoms with E-state index in [1.807, 2.05) is 6.92 Å². The first-order chi connectivity index (χ1) is 17.2. The summed E-state index contributed by atoms with van der Waals surface area (Å²) >= 11 is 0. The third-order valence-corrected chi connectivity index (χ3v) is 5.54. The lowest BCUT2D eigenvalue weighted by Gasteiger charge is -2.12. The number of fused-ring (bicyclic) bond motifs is 3. The molecule has 0 fully saturated rings. The Morgan fingerprint density at radius 1 is 1.14 bits per heavy atom. The number of carbonyl (C=O) groups excluding carboxylic acids is 1. The predicted molar refractivity (Wildman–Crippen MR) is 124 cm³/mol. The van der Waals surface area contributed by atoms with Crippen LogP contribution < -0.4 is 10.6 Å². The maximum atomic E-state index is 14.6. The van der Waals surface area contributed by atoms with E-state index in [9.17, 15) is 22.4 Å². The zero-order valence-corrected chi connectivity index (χ0v) is 18.9. The van der Waals surface area contributed by atoms with E-state index >= 15 is 0 Å². The Morgan fingerprint density at radius 2 is 1.89 bits per heavy atom. The van der Waals surface area contributed by atoms with Gasteiger partial charge < -0.3 is 15.6 Å². The number of alkyl halides is 3. The number of anilines is 1. The number of hydrogen-bond acceptors (Lipinski definition) is 6. The minimum atomic E-state index is -4.67. The van der Waals surface area contributed by atoms with Crippen LogP contribution in [0.15, 0.2) is 43.0 Å². The molecule has 0 aliphatic heterocycles. The molecule has 0 radical (unpaired) electrons. The van der Waals surface area contributed by atoms with Crippen LogP contribution in [0.5, 0.6) is 0 Å². The van der Waals surface area contributed by atoms with Crippen LogP contribution in [-0.2, 0) is 6.18 Å². The molecule has 0 aliphatic carbocycles. The van der Waals surface area contributed by atoms with Crippen LogP contribution in [0.1, 0.15) is 23.2 Å². The predicted octanol–water partition coefficient (Wildman–Crippen LogP) is 4.31. The van der Waals surface area contributed by atoms with Gasteiger partial charge >= 0.3 is 6.18 Å². The second kappa shape index (κ2) is 8.59. The van der Waals surface area contributed by atoms with E-state index in [0.29, 0.717) is 45.3 Å². The van der Waals surface area contributed by atoms with Crippen LogP contribution in [0.25, 0.3) is 38.8 Å². The molecule has 1 aromatic carbocycles. The highest BCUT2D eigenvalue weighted by Crippen LogP contribution is 2.39. The zero-order valence-electron chi connectivity index (χ0n) is 18.9. The van der Waals surface area contributed by atoms with Crippen LogP contribution >= 0.6 is 0 Å². The van der Waals surface area contributed by atoms with Gasteiger partial charge in [0.25, 0.3) is 5.91 Å². The molecule has 4 aromatic heterocycles. The van der Waals surface area contributed by atoms with Crippen LogP contribution in [0.3, 0.4) is 0 Å². The summed E-state index contributed by atoms with van der Waals surface area (Å²) in [5.41, 5.74) is 1.16. The van der Waals surface area contributed by atoms with Crippen molar-refractivity contribution in [3.05, 3.63) is 60.3 Å². The number of hydrogen-bond donors (Lipinski definition) is 3. The molecule has 13 heteroatoms. The van der Waals surface area contributed by atoms with Gasteiger partial charge in [-0.3, -0.25) is 4.79 Å². The molecule has 0 atom stereocenters. The molecule has 0 bridgehead atoms. The SMILES string of the molecule is CCNc1cc(F)cc2c1[nH]c1ncc(-c3cnc(C(=O)NC)nc3)c(-n3ccc(C(F)(F)F)n3)c12. The molecule has 4 heterocycles. The molecule has 184 valence electrons. The van der Waals surface area contributed by atoms with Gasteiger partial charge in [0, 0.05) is 54.9 Å². The van der Waals surface area contributed by atoms with Crippen molar-refractivity contribution in [3.63, 3.8) is 0 Å². The summed E-state index contributed by atoms with van der Waals surface area (Å²) in [5, 5.41) is 10.00. The van der Waals surface area contributed by atoms with Gasteiger partial charge in [-0.2, -0.15) is 18.3 Å². The third-order valence-electron chi connectivity index (χ3n) is 5.54. The van der Waals surface area contributed by atoms with E-state index in [1.165, 1.54) is 44.0 Å². The fourth-order valence-electron chi connectivity index (χ4n) is 3.98. The normalized spacial score (nSPS) is 11.8. The number of aromatic nitrogens is 6. The minimum Gasteiger partial charge on any atom is -0.384 e. The molecule has 5 rings (SSSR count). The van der Waals surface area contributed by atoms with Crippen molar-refractivity contribution in [1.82, 2.24) is 35.0 Å². The summed E-state index contributed by atoms with van der Waals surface area (Å²) in [4.78, 5) is 27.5.